The van der Waals surface area contributed by atoms with Gasteiger partial charge in [-0.2, -0.15) is 5.10 Å². The summed E-state index contributed by atoms with van der Waals surface area (Å²) in [5.41, 5.74) is 1.76. The lowest BCUT2D eigenvalue weighted by molar-refractivity contribution is -0.114. The summed E-state index contributed by atoms with van der Waals surface area (Å²) in [6.07, 6.45) is 3.08. The second kappa shape index (κ2) is 6.35. The Morgan fingerprint density at radius 1 is 1.17 bits per heavy atom. The molecule has 0 aliphatic rings. The van der Waals surface area contributed by atoms with Crippen LogP contribution in [0.1, 0.15) is 27.5 Å². The lowest BCUT2D eigenvalue weighted by atomic mass is 10.1. The summed E-state index contributed by atoms with van der Waals surface area (Å²) < 4.78 is 18.2. The molecule has 7 heteroatoms. The van der Waals surface area contributed by atoms with Crippen LogP contribution < -0.4 is 0 Å². The minimum Gasteiger partial charge on any atom is -0.469 e. The molecule has 6 nitrogen and oxygen atoms in total. The van der Waals surface area contributed by atoms with Gasteiger partial charge in [0.2, 0.25) is 5.78 Å². The molecule has 3 aromatic rings. The zero-order chi connectivity index (χ0) is 16.2. The van der Waals surface area contributed by atoms with Crippen molar-refractivity contribution in [2.24, 2.45) is 0 Å². The number of rotatable bonds is 6. The lowest BCUT2D eigenvalue weighted by Gasteiger charge is -1.97. The van der Waals surface area contributed by atoms with E-state index in [9.17, 15) is 14.0 Å². The fourth-order valence-electron chi connectivity index (χ4n) is 2.14. The number of hydrogen-bond donors (Lipinski definition) is 1. The molecule has 1 N–H and O–H groups in total. The standard InChI is InChI=1S/C16H12FN3O3/c17-12-3-1-10(2-4-12)5-11-6-13(23-8-11)7-14(21)15(22)16-18-9-19-20-16/h1-4,6,8-9H,5,7H2,(H,18,19,20). The van der Waals surface area contributed by atoms with Crippen molar-refractivity contribution in [2.45, 2.75) is 12.8 Å². The summed E-state index contributed by atoms with van der Waals surface area (Å²) >= 11 is 0. The molecule has 0 spiro atoms. The minimum absolute atomic E-state index is 0.0897. The summed E-state index contributed by atoms with van der Waals surface area (Å²) in [7, 11) is 0. The Balaban J connectivity index is 1.64. The van der Waals surface area contributed by atoms with E-state index in [2.05, 4.69) is 15.2 Å². The summed E-state index contributed by atoms with van der Waals surface area (Å²) in [5, 5.41) is 5.88. The topological polar surface area (TPSA) is 88.8 Å². The van der Waals surface area contributed by atoms with Crippen LogP contribution in [0.2, 0.25) is 0 Å². The third-order valence-corrected chi connectivity index (χ3v) is 3.25. The molecule has 0 bridgehead atoms. The van der Waals surface area contributed by atoms with Gasteiger partial charge < -0.3 is 4.42 Å². The van der Waals surface area contributed by atoms with Gasteiger partial charge in [-0.25, -0.2) is 9.37 Å². The van der Waals surface area contributed by atoms with Crippen LogP contribution in [-0.2, 0) is 17.6 Å². The van der Waals surface area contributed by atoms with Crippen molar-refractivity contribution in [3.8, 4) is 0 Å². The highest BCUT2D eigenvalue weighted by Gasteiger charge is 2.20. The quantitative estimate of drug-likeness (QED) is 0.556. The van der Waals surface area contributed by atoms with Gasteiger partial charge >= 0.3 is 0 Å². The molecular formula is C16H12FN3O3. The Morgan fingerprint density at radius 2 is 1.96 bits per heavy atom. The first-order valence-electron chi connectivity index (χ1n) is 6.85. The number of Topliss-reactive ketones (excluding diaryl/α,β-unsaturated/α-hetero) is 2. The molecule has 0 fully saturated rings. The number of nitrogens with one attached hydrogen (secondary N) is 1. The van der Waals surface area contributed by atoms with Crippen LogP contribution >= 0.6 is 0 Å². The van der Waals surface area contributed by atoms with E-state index in [4.69, 9.17) is 4.42 Å². The van der Waals surface area contributed by atoms with Crippen LogP contribution in [-0.4, -0.2) is 26.7 Å². The van der Waals surface area contributed by atoms with Crippen LogP contribution in [0.15, 0.2) is 47.3 Å². The predicted molar refractivity (Wildman–Crippen MR) is 77.3 cm³/mol. The van der Waals surface area contributed by atoms with Gasteiger partial charge in [0.05, 0.1) is 12.7 Å². The summed E-state index contributed by atoms with van der Waals surface area (Å²) in [6, 6.07) is 7.84. The fourth-order valence-corrected chi connectivity index (χ4v) is 2.14. The van der Waals surface area contributed by atoms with E-state index in [1.165, 1.54) is 18.4 Å². The van der Waals surface area contributed by atoms with Crippen LogP contribution in [0.5, 0.6) is 0 Å². The number of aromatic nitrogens is 3. The molecule has 1 aromatic carbocycles. The maximum Gasteiger partial charge on any atom is 0.265 e. The first kappa shape index (κ1) is 14.8. The van der Waals surface area contributed by atoms with Crippen LogP contribution in [0.25, 0.3) is 0 Å². The number of carbonyl (C=O) groups excluding carboxylic acids is 2. The van der Waals surface area contributed by atoms with Crippen molar-refractivity contribution in [1.82, 2.24) is 15.2 Å². The van der Waals surface area contributed by atoms with Crippen molar-refractivity contribution >= 4 is 11.6 Å². The maximum atomic E-state index is 12.9. The maximum absolute atomic E-state index is 12.9. The number of hydrogen-bond acceptors (Lipinski definition) is 5. The predicted octanol–water partition coefficient (Wildman–Crippen LogP) is 2.12. The average Bonchev–Trinajstić information content (AvgIpc) is 3.21. The molecule has 116 valence electrons. The summed E-state index contributed by atoms with van der Waals surface area (Å²) in [6.45, 7) is 0. The Morgan fingerprint density at radius 3 is 2.65 bits per heavy atom. The Bertz CT molecular complexity index is 823. The molecular weight excluding hydrogens is 301 g/mol. The molecule has 0 radical (unpaired) electrons. The third kappa shape index (κ3) is 3.57. The number of H-pyrrole nitrogens is 1. The van der Waals surface area contributed by atoms with Crippen molar-refractivity contribution in [3.63, 3.8) is 0 Å². The zero-order valence-corrected chi connectivity index (χ0v) is 12.0. The van der Waals surface area contributed by atoms with E-state index in [1.54, 1.807) is 18.2 Å². The van der Waals surface area contributed by atoms with Gasteiger partial charge in [-0.3, -0.25) is 14.7 Å². The summed E-state index contributed by atoms with van der Waals surface area (Å²) in [5.74, 6) is -1.37. The molecule has 2 heterocycles. The van der Waals surface area contributed by atoms with Gasteiger partial charge in [-0.15, -0.1) is 0 Å². The number of carbonyl (C=O) groups is 2. The molecule has 2 aromatic heterocycles. The molecule has 3 rings (SSSR count). The molecule has 0 aliphatic carbocycles. The van der Waals surface area contributed by atoms with Crippen molar-refractivity contribution in [2.75, 3.05) is 0 Å². The highest BCUT2D eigenvalue weighted by atomic mass is 19.1. The molecule has 0 aliphatic heterocycles. The Labute approximate surface area is 130 Å². The minimum atomic E-state index is -0.737. The SMILES string of the molecule is O=C(Cc1cc(Cc2ccc(F)cc2)co1)C(=O)c1ncn[nH]1. The lowest BCUT2D eigenvalue weighted by Crippen LogP contribution is -2.17. The largest absolute Gasteiger partial charge is 0.469 e. The van der Waals surface area contributed by atoms with Gasteiger partial charge in [0.25, 0.3) is 5.78 Å². The first-order chi connectivity index (χ1) is 11.1. The fraction of sp³-hybridized carbons (Fsp3) is 0.125. The van der Waals surface area contributed by atoms with E-state index in [-0.39, 0.29) is 18.1 Å². The number of halogens is 1. The monoisotopic (exact) mass is 313 g/mol. The van der Waals surface area contributed by atoms with Crippen LogP contribution in [0.3, 0.4) is 0 Å². The molecule has 0 saturated carbocycles. The number of ketones is 2. The number of nitrogens with zero attached hydrogens (tertiary/aromatic N) is 2. The smallest absolute Gasteiger partial charge is 0.265 e. The van der Waals surface area contributed by atoms with Crippen LogP contribution in [0.4, 0.5) is 4.39 Å². The van der Waals surface area contributed by atoms with Gasteiger partial charge in [-0.05, 0) is 29.3 Å². The Hall–Kier alpha value is -3.09. The second-order valence-electron chi connectivity index (χ2n) is 4.99. The van der Waals surface area contributed by atoms with Crippen molar-refractivity contribution < 1.29 is 18.4 Å². The summed E-state index contributed by atoms with van der Waals surface area (Å²) in [4.78, 5) is 27.3. The Kier molecular flexibility index (Phi) is 4.09. The average molecular weight is 313 g/mol. The molecule has 0 unspecified atom stereocenters. The third-order valence-electron chi connectivity index (χ3n) is 3.25. The van der Waals surface area contributed by atoms with Gasteiger partial charge in [0, 0.05) is 6.42 Å². The van der Waals surface area contributed by atoms with E-state index in [0.29, 0.717) is 12.2 Å². The number of aromatic amines is 1. The van der Waals surface area contributed by atoms with Crippen LogP contribution in [0, 0.1) is 5.82 Å². The van der Waals surface area contributed by atoms with Crippen molar-refractivity contribution in [3.05, 3.63) is 71.5 Å². The van der Waals surface area contributed by atoms with E-state index < -0.39 is 11.6 Å². The van der Waals surface area contributed by atoms with Gasteiger partial charge in [-0.1, -0.05) is 12.1 Å². The second-order valence-corrected chi connectivity index (χ2v) is 4.99. The van der Waals surface area contributed by atoms with E-state index in [0.717, 1.165) is 17.5 Å². The van der Waals surface area contributed by atoms with E-state index in [1.807, 2.05) is 0 Å². The number of furan rings is 1. The van der Waals surface area contributed by atoms with Crippen molar-refractivity contribution in [1.29, 1.82) is 0 Å². The number of benzene rings is 1. The zero-order valence-electron chi connectivity index (χ0n) is 12.0. The first-order valence-corrected chi connectivity index (χ1v) is 6.85. The molecule has 0 saturated heterocycles. The van der Waals surface area contributed by atoms with E-state index >= 15 is 0 Å². The molecule has 23 heavy (non-hydrogen) atoms. The highest BCUT2D eigenvalue weighted by molar-refractivity contribution is 6.42. The van der Waals surface area contributed by atoms with Gasteiger partial charge in [0.1, 0.15) is 17.9 Å². The normalized spacial score (nSPS) is 10.7. The highest BCUT2D eigenvalue weighted by Crippen LogP contribution is 2.15. The molecule has 0 amide bonds. The van der Waals surface area contributed by atoms with Gasteiger partial charge in [0.15, 0.2) is 5.82 Å². The molecule has 0 atom stereocenters.